The Balaban J connectivity index is 2.96. The lowest BCUT2D eigenvalue weighted by molar-refractivity contribution is -0.137. The van der Waals surface area contributed by atoms with Crippen LogP contribution in [0.4, 0.5) is 4.39 Å². The number of carbonyl (C=O) groups is 1. The van der Waals surface area contributed by atoms with E-state index >= 15 is 0 Å². The Kier molecular flexibility index (Phi) is 5.10. The van der Waals surface area contributed by atoms with Gasteiger partial charge in [0, 0.05) is 5.41 Å². The zero-order valence-electron chi connectivity index (χ0n) is 11.7. The molecule has 1 rings (SSSR count). The summed E-state index contributed by atoms with van der Waals surface area (Å²) in [4.78, 5) is 11.1. The summed E-state index contributed by atoms with van der Waals surface area (Å²) in [5.41, 5.74) is 0.276. The molecule has 0 radical (unpaired) electrons. The Hall–Kier alpha value is -1.84. The first-order valence-corrected chi connectivity index (χ1v) is 6.10. The summed E-state index contributed by atoms with van der Waals surface area (Å²) in [6.45, 7) is 6.16. The van der Waals surface area contributed by atoms with E-state index in [0.29, 0.717) is 6.61 Å². The minimum atomic E-state index is -0.959. The molecule has 104 valence electrons. The molecule has 0 fully saturated rings. The largest absolute Gasteiger partial charge is 0.494 e. The summed E-state index contributed by atoms with van der Waals surface area (Å²) in [5.74, 6) is -1.08. The number of esters is 1. The van der Waals surface area contributed by atoms with Crippen molar-refractivity contribution in [1.29, 1.82) is 0 Å². The highest BCUT2D eigenvalue weighted by molar-refractivity contribution is 5.86. The minimum Gasteiger partial charge on any atom is -0.494 e. The van der Waals surface area contributed by atoms with Crippen LogP contribution in [0.5, 0.6) is 5.75 Å². The average molecular weight is 266 g/mol. The van der Waals surface area contributed by atoms with Crippen molar-refractivity contribution in [1.82, 2.24) is 0 Å². The second kappa shape index (κ2) is 6.36. The van der Waals surface area contributed by atoms with Gasteiger partial charge in [0.15, 0.2) is 0 Å². The van der Waals surface area contributed by atoms with Crippen LogP contribution >= 0.6 is 0 Å². The van der Waals surface area contributed by atoms with E-state index in [1.807, 2.05) is 45.0 Å². The van der Waals surface area contributed by atoms with Gasteiger partial charge in [-0.1, -0.05) is 26.0 Å². The summed E-state index contributed by atoms with van der Waals surface area (Å²) in [6.07, 6.45) is 1.26. The first-order chi connectivity index (χ1) is 8.90. The molecule has 0 aromatic heterocycles. The van der Waals surface area contributed by atoms with E-state index in [4.69, 9.17) is 4.74 Å². The summed E-state index contributed by atoms with van der Waals surface area (Å²) in [7, 11) is 1.15. The minimum absolute atomic E-state index is 0.597. The number of carbonyl (C=O) groups excluding carboxylic acids is 1. The van der Waals surface area contributed by atoms with E-state index in [0.717, 1.165) is 18.4 Å². The first kappa shape index (κ1) is 15.2. The SMILES string of the molecule is CCOc1ccc(C(C)(C)C=C(F)C(=O)OC)cc1. The molecule has 1 aromatic carbocycles. The molecule has 0 aliphatic carbocycles. The van der Waals surface area contributed by atoms with Crippen LogP contribution in [-0.2, 0) is 14.9 Å². The van der Waals surface area contributed by atoms with Crippen molar-refractivity contribution in [3.63, 3.8) is 0 Å². The molecule has 0 spiro atoms. The van der Waals surface area contributed by atoms with Crippen LogP contribution in [0.25, 0.3) is 0 Å². The Morgan fingerprint density at radius 2 is 1.89 bits per heavy atom. The van der Waals surface area contributed by atoms with Gasteiger partial charge in [0.1, 0.15) is 5.75 Å². The molecule has 3 nitrogen and oxygen atoms in total. The fourth-order valence-electron chi connectivity index (χ4n) is 1.70. The van der Waals surface area contributed by atoms with E-state index < -0.39 is 17.2 Å². The third-order valence-corrected chi connectivity index (χ3v) is 2.78. The summed E-state index contributed by atoms with van der Waals surface area (Å²) < 4.78 is 23.2. The van der Waals surface area contributed by atoms with Gasteiger partial charge in [-0.3, -0.25) is 0 Å². The van der Waals surface area contributed by atoms with Gasteiger partial charge < -0.3 is 9.47 Å². The van der Waals surface area contributed by atoms with Crippen LogP contribution in [0.3, 0.4) is 0 Å². The fourth-order valence-corrected chi connectivity index (χ4v) is 1.70. The van der Waals surface area contributed by atoms with Crippen molar-refractivity contribution in [2.45, 2.75) is 26.2 Å². The molecule has 0 N–H and O–H groups in total. The van der Waals surface area contributed by atoms with E-state index in [1.54, 1.807) is 0 Å². The van der Waals surface area contributed by atoms with Crippen molar-refractivity contribution < 1.29 is 18.7 Å². The monoisotopic (exact) mass is 266 g/mol. The Labute approximate surface area is 113 Å². The molecule has 0 atom stereocenters. The van der Waals surface area contributed by atoms with Crippen LogP contribution < -0.4 is 4.74 Å². The number of benzene rings is 1. The number of rotatable bonds is 5. The van der Waals surface area contributed by atoms with Gasteiger partial charge in [-0.2, -0.15) is 4.39 Å². The zero-order valence-corrected chi connectivity index (χ0v) is 11.7. The van der Waals surface area contributed by atoms with E-state index in [1.165, 1.54) is 6.08 Å². The number of methoxy groups -OCH3 is 1. The van der Waals surface area contributed by atoms with Crippen LogP contribution in [0.2, 0.25) is 0 Å². The molecule has 0 saturated carbocycles. The second-order valence-corrected chi connectivity index (χ2v) is 4.66. The zero-order chi connectivity index (χ0) is 14.5. The number of hydrogen-bond donors (Lipinski definition) is 0. The molecule has 1 aromatic rings. The van der Waals surface area contributed by atoms with Gasteiger partial charge in [0.05, 0.1) is 13.7 Å². The number of halogens is 1. The van der Waals surface area contributed by atoms with Crippen molar-refractivity contribution in [2.75, 3.05) is 13.7 Å². The third-order valence-electron chi connectivity index (χ3n) is 2.78. The third kappa shape index (κ3) is 4.09. The van der Waals surface area contributed by atoms with Gasteiger partial charge in [-0.15, -0.1) is 0 Å². The second-order valence-electron chi connectivity index (χ2n) is 4.66. The van der Waals surface area contributed by atoms with E-state index in [-0.39, 0.29) is 0 Å². The van der Waals surface area contributed by atoms with Gasteiger partial charge in [-0.25, -0.2) is 4.79 Å². The molecule has 0 unspecified atom stereocenters. The molecule has 19 heavy (non-hydrogen) atoms. The highest BCUT2D eigenvalue weighted by Crippen LogP contribution is 2.28. The molecular weight excluding hydrogens is 247 g/mol. The quantitative estimate of drug-likeness (QED) is 0.605. The highest BCUT2D eigenvalue weighted by Gasteiger charge is 2.21. The molecule has 0 bridgehead atoms. The van der Waals surface area contributed by atoms with Gasteiger partial charge in [-0.05, 0) is 30.7 Å². The van der Waals surface area contributed by atoms with Crippen molar-refractivity contribution in [3.05, 3.63) is 41.7 Å². The van der Waals surface area contributed by atoms with Crippen molar-refractivity contribution in [2.24, 2.45) is 0 Å². The summed E-state index contributed by atoms with van der Waals surface area (Å²) >= 11 is 0. The van der Waals surface area contributed by atoms with E-state index in [9.17, 15) is 9.18 Å². The smallest absolute Gasteiger partial charge is 0.366 e. The molecule has 0 heterocycles. The number of allylic oxidation sites excluding steroid dienone is 1. The van der Waals surface area contributed by atoms with Crippen LogP contribution in [0, 0.1) is 0 Å². The van der Waals surface area contributed by atoms with Crippen molar-refractivity contribution in [3.8, 4) is 5.75 Å². The number of ether oxygens (including phenoxy) is 2. The average Bonchev–Trinajstić information content (AvgIpc) is 2.38. The Bertz CT molecular complexity index is 461. The first-order valence-electron chi connectivity index (χ1n) is 6.10. The number of hydrogen-bond acceptors (Lipinski definition) is 3. The van der Waals surface area contributed by atoms with Gasteiger partial charge in [0.2, 0.25) is 5.83 Å². The molecular formula is C15H19FO3. The highest BCUT2D eigenvalue weighted by atomic mass is 19.1. The molecule has 0 amide bonds. The maximum Gasteiger partial charge on any atom is 0.366 e. The fraction of sp³-hybridized carbons (Fsp3) is 0.400. The van der Waals surface area contributed by atoms with Crippen LogP contribution in [0.1, 0.15) is 26.3 Å². The van der Waals surface area contributed by atoms with Crippen LogP contribution in [-0.4, -0.2) is 19.7 Å². The molecule has 0 aliphatic rings. The van der Waals surface area contributed by atoms with Crippen LogP contribution in [0.15, 0.2) is 36.2 Å². The maximum absolute atomic E-state index is 13.5. The predicted octanol–water partition coefficient (Wildman–Crippen LogP) is 3.39. The molecule has 0 aliphatic heterocycles. The molecule has 4 heteroatoms. The standard InChI is InChI=1S/C15H19FO3/c1-5-19-12-8-6-11(7-9-12)15(2,3)10-13(16)14(17)18-4/h6-10H,5H2,1-4H3. The Morgan fingerprint density at radius 3 is 2.37 bits per heavy atom. The maximum atomic E-state index is 13.5. The Morgan fingerprint density at radius 1 is 1.32 bits per heavy atom. The van der Waals surface area contributed by atoms with Gasteiger partial charge in [0.25, 0.3) is 0 Å². The van der Waals surface area contributed by atoms with Crippen molar-refractivity contribution >= 4 is 5.97 Å². The lowest BCUT2D eigenvalue weighted by Gasteiger charge is -2.21. The summed E-state index contributed by atoms with van der Waals surface area (Å²) in [5, 5.41) is 0. The van der Waals surface area contributed by atoms with E-state index in [2.05, 4.69) is 4.74 Å². The predicted molar refractivity (Wildman–Crippen MR) is 71.8 cm³/mol. The molecule has 0 saturated heterocycles. The van der Waals surface area contributed by atoms with Gasteiger partial charge >= 0.3 is 5.97 Å². The summed E-state index contributed by atoms with van der Waals surface area (Å²) in [6, 6.07) is 7.35. The lowest BCUT2D eigenvalue weighted by atomic mass is 9.84. The lowest BCUT2D eigenvalue weighted by Crippen LogP contribution is -2.16. The topological polar surface area (TPSA) is 35.5 Å². The normalized spacial score (nSPS) is 12.2.